The van der Waals surface area contributed by atoms with Gasteiger partial charge >= 0.3 is 5.97 Å². The molecule has 0 unspecified atom stereocenters. The van der Waals surface area contributed by atoms with Crippen LogP contribution in [0.1, 0.15) is 28.5 Å². The Morgan fingerprint density at radius 1 is 1.50 bits per heavy atom. The van der Waals surface area contributed by atoms with Crippen molar-refractivity contribution in [2.75, 3.05) is 6.61 Å². The van der Waals surface area contributed by atoms with Crippen LogP contribution in [0.25, 0.3) is 5.69 Å². The Morgan fingerprint density at radius 2 is 2.20 bits per heavy atom. The van der Waals surface area contributed by atoms with Crippen LogP contribution in [-0.2, 0) is 4.74 Å². The van der Waals surface area contributed by atoms with Crippen molar-refractivity contribution in [1.82, 2.24) is 9.78 Å². The lowest BCUT2D eigenvalue weighted by molar-refractivity contribution is 0.0519. The van der Waals surface area contributed by atoms with Crippen LogP contribution < -0.4 is 0 Å². The van der Waals surface area contributed by atoms with Crippen molar-refractivity contribution in [3.63, 3.8) is 0 Å². The van der Waals surface area contributed by atoms with Gasteiger partial charge in [-0.1, -0.05) is 29.8 Å². The SMILES string of the molecule is CCOC(=O)c1nn(-c2ccccc2C)c(Cl)c1C=N. The standard InChI is InChI=1S/C14H14ClN3O2/c1-3-20-14(19)12-10(8-16)13(15)18(17-12)11-7-5-4-6-9(11)2/h4-8,16H,3H2,1-2H3. The van der Waals surface area contributed by atoms with Gasteiger partial charge in [-0.25, -0.2) is 9.48 Å². The van der Waals surface area contributed by atoms with Crippen molar-refractivity contribution in [1.29, 1.82) is 5.41 Å². The molecule has 6 heteroatoms. The third kappa shape index (κ3) is 2.44. The summed E-state index contributed by atoms with van der Waals surface area (Å²) < 4.78 is 6.38. The maximum atomic E-state index is 11.8. The Morgan fingerprint density at radius 3 is 2.80 bits per heavy atom. The summed E-state index contributed by atoms with van der Waals surface area (Å²) in [5.41, 5.74) is 2.03. The highest BCUT2D eigenvalue weighted by Gasteiger charge is 2.22. The van der Waals surface area contributed by atoms with E-state index < -0.39 is 5.97 Å². The van der Waals surface area contributed by atoms with Gasteiger partial charge in [0.05, 0.1) is 17.9 Å². The first kappa shape index (κ1) is 14.3. The number of hydrogen-bond donors (Lipinski definition) is 1. The molecule has 1 heterocycles. The maximum Gasteiger partial charge on any atom is 0.359 e. The molecule has 0 aliphatic heterocycles. The van der Waals surface area contributed by atoms with E-state index in [0.717, 1.165) is 17.5 Å². The van der Waals surface area contributed by atoms with Gasteiger partial charge in [-0.15, -0.1) is 0 Å². The van der Waals surface area contributed by atoms with Crippen LogP contribution in [0.3, 0.4) is 0 Å². The minimum Gasteiger partial charge on any atom is -0.461 e. The zero-order chi connectivity index (χ0) is 14.7. The lowest BCUT2D eigenvalue weighted by atomic mass is 10.2. The molecule has 0 atom stereocenters. The van der Waals surface area contributed by atoms with Gasteiger partial charge in [-0.3, -0.25) is 0 Å². The van der Waals surface area contributed by atoms with E-state index in [4.69, 9.17) is 21.7 Å². The van der Waals surface area contributed by atoms with Crippen LogP contribution in [0.4, 0.5) is 0 Å². The number of esters is 1. The second-order valence-electron chi connectivity index (χ2n) is 4.12. The van der Waals surface area contributed by atoms with E-state index in [1.54, 1.807) is 6.92 Å². The van der Waals surface area contributed by atoms with Crippen molar-refractivity contribution in [3.8, 4) is 5.69 Å². The van der Waals surface area contributed by atoms with Gasteiger partial charge in [-0.05, 0) is 25.5 Å². The molecule has 2 aromatic rings. The fourth-order valence-corrected chi connectivity index (χ4v) is 2.12. The fourth-order valence-electron chi connectivity index (χ4n) is 1.85. The summed E-state index contributed by atoms with van der Waals surface area (Å²) in [7, 11) is 0. The molecule has 0 bridgehead atoms. The molecular weight excluding hydrogens is 278 g/mol. The fraction of sp³-hybridized carbons (Fsp3) is 0.214. The second-order valence-corrected chi connectivity index (χ2v) is 4.47. The molecule has 0 radical (unpaired) electrons. The summed E-state index contributed by atoms with van der Waals surface area (Å²) in [5, 5.41) is 11.8. The number of aryl methyl sites for hydroxylation is 1. The average molecular weight is 292 g/mol. The molecule has 5 nitrogen and oxygen atoms in total. The number of aromatic nitrogens is 2. The lowest BCUT2D eigenvalue weighted by Crippen LogP contribution is -2.08. The Hall–Kier alpha value is -2.14. The first-order valence-electron chi connectivity index (χ1n) is 6.12. The van der Waals surface area contributed by atoms with E-state index in [9.17, 15) is 4.79 Å². The molecule has 0 saturated heterocycles. The molecule has 0 spiro atoms. The average Bonchev–Trinajstić information content (AvgIpc) is 2.76. The highest BCUT2D eigenvalue weighted by atomic mass is 35.5. The highest BCUT2D eigenvalue weighted by molar-refractivity contribution is 6.33. The van der Waals surface area contributed by atoms with E-state index in [1.165, 1.54) is 4.68 Å². The summed E-state index contributed by atoms with van der Waals surface area (Å²) in [6.45, 7) is 3.87. The first-order valence-corrected chi connectivity index (χ1v) is 6.50. The third-order valence-electron chi connectivity index (χ3n) is 2.82. The Kier molecular flexibility index (Phi) is 4.20. The van der Waals surface area contributed by atoms with Crippen LogP contribution in [0.5, 0.6) is 0 Å². The molecule has 104 valence electrons. The number of para-hydroxylation sites is 1. The van der Waals surface area contributed by atoms with Crippen molar-refractivity contribution >= 4 is 23.8 Å². The van der Waals surface area contributed by atoms with E-state index in [-0.39, 0.29) is 23.0 Å². The summed E-state index contributed by atoms with van der Waals surface area (Å²) in [5.74, 6) is -0.583. The molecule has 1 aromatic heterocycles. The Balaban J connectivity index is 2.59. The van der Waals surface area contributed by atoms with Crippen LogP contribution in [0.15, 0.2) is 24.3 Å². The second kappa shape index (κ2) is 5.88. The number of ether oxygens (including phenoxy) is 1. The number of nitrogens with one attached hydrogen (secondary N) is 1. The minimum atomic E-state index is -0.583. The number of carbonyl (C=O) groups is 1. The molecule has 0 aliphatic rings. The quantitative estimate of drug-likeness (QED) is 0.695. The maximum absolute atomic E-state index is 11.8. The largest absolute Gasteiger partial charge is 0.461 e. The van der Waals surface area contributed by atoms with Gasteiger partial charge < -0.3 is 10.1 Å². The number of rotatable bonds is 4. The summed E-state index contributed by atoms with van der Waals surface area (Å²) in [6.07, 6.45) is 1.01. The molecular formula is C14H14ClN3O2. The summed E-state index contributed by atoms with van der Waals surface area (Å²) in [6, 6.07) is 7.52. The van der Waals surface area contributed by atoms with Crippen molar-refractivity contribution < 1.29 is 9.53 Å². The van der Waals surface area contributed by atoms with Gasteiger partial charge in [0.25, 0.3) is 0 Å². The third-order valence-corrected chi connectivity index (χ3v) is 3.18. The van der Waals surface area contributed by atoms with Crippen LogP contribution in [-0.4, -0.2) is 28.6 Å². The van der Waals surface area contributed by atoms with Gasteiger partial charge in [0.1, 0.15) is 5.15 Å². The molecule has 0 amide bonds. The normalized spacial score (nSPS) is 10.3. The van der Waals surface area contributed by atoms with Gasteiger partial charge in [0.15, 0.2) is 5.69 Å². The van der Waals surface area contributed by atoms with Gasteiger partial charge in [0, 0.05) is 6.21 Å². The van der Waals surface area contributed by atoms with E-state index in [2.05, 4.69) is 5.10 Å². The predicted molar refractivity (Wildman–Crippen MR) is 77.2 cm³/mol. The number of benzene rings is 1. The molecule has 20 heavy (non-hydrogen) atoms. The van der Waals surface area contributed by atoms with Crippen molar-refractivity contribution in [3.05, 3.63) is 46.2 Å². The van der Waals surface area contributed by atoms with Crippen molar-refractivity contribution in [2.24, 2.45) is 0 Å². The minimum absolute atomic E-state index is 0.0510. The van der Waals surface area contributed by atoms with E-state index in [1.807, 2.05) is 31.2 Å². The zero-order valence-electron chi connectivity index (χ0n) is 11.2. The zero-order valence-corrected chi connectivity index (χ0v) is 11.9. The molecule has 1 aromatic carbocycles. The van der Waals surface area contributed by atoms with Gasteiger partial charge in [-0.2, -0.15) is 5.10 Å². The molecule has 2 rings (SSSR count). The topological polar surface area (TPSA) is 68.0 Å². The van der Waals surface area contributed by atoms with Crippen LogP contribution >= 0.6 is 11.6 Å². The number of nitrogens with zero attached hydrogens (tertiary/aromatic N) is 2. The predicted octanol–water partition coefficient (Wildman–Crippen LogP) is 3.01. The molecule has 0 aliphatic carbocycles. The molecule has 0 fully saturated rings. The van der Waals surface area contributed by atoms with E-state index >= 15 is 0 Å². The number of hydrogen-bond acceptors (Lipinski definition) is 4. The summed E-state index contributed by atoms with van der Waals surface area (Å²) in [4.78, 5) is 11.8. The Labute approximate surface area is 121 Å². The molecule has 0 saturated carbocycles. The monoisotopic (exact) mass is 291 g/mol. The smallest absolute Gasteiger partial charge is 0.359 e. The van der Waals surface area contributed by atoms with E-state index in [0.29, 0.717) is 0 Å². The van der Waals surface area contributed by atoms with Gasteiger partial charge in [0.2, 0.25) is 0 Å². The number of carbonyl (C=O) groups excluding carboxylic acids is 1. The molecule has 1 N–H and O–H groups in total. The summed E-state index contributed by atoms with van der Waals surface area (Å²) >= 11 is 6.22. The van der Waals surface area contributed by atoms with Crippen LogP contribution in [0, 0.1) is 12.3 Å². The highest BCUT2D eigenvalue weighted by Crippen LogP contribution is 2.24. The first-order chi connectivity index (χ1) is 9.60. The Bertz CT molecular complexity index is 664. The number of halogens is 1. The van der Waals surface area contributed by atoms with Crippen LogP contribution in [0.2, 0.25) is 5.15 Å². The van der Waals surface area contributed by atoms with Crippen molar-refractivity contribution in [2.45, 2.75) is 13.8 Å². The lowest BCUT2D eigenvalue weighted by Gasteiger charge is -2.06.